The molecule has 2 N–H and O–H groups in total. The maximum atomic E-state index is 5.86. The Bertz CT molecular complexity index is 278. The van der Waals surface area contributed by atoms with Gasteiger partial charge in [0.05, 0.1) is 18.9 Å². The molecule has 1 aromatic heterocycles. The van der Waals surface area contributed by atoms with E-state index in [-0.39, 0.29) is 6.04 Å². The van der Waals surface area contributed by atoms with Gasteiger partial charge in [0.1, 0.15) is 6.20 Å². The number of ether oxygens (including phenoxy) is 1. The molecule has 1 atom stereocenters. The first-order valence-electron chi connectivity index (χ1n) is 4.77. The van der Waals surface area contributed by atoms with Gasteiger partial charge in [-0.25, -0.2) is 0 Å². The Morgan fingerprint density at radius 2 is 2.57 bits per heavy atom. The van der Waals surface area contributed by atoms with E-state index in [1.165, 1.54) is 0 Å². The van der Waals surface area contributed by atoms with E-state index < -0.39 is 0 Å². The van der Waals surface area contributed by atoms with Crippen LogP contribution in [0.1, 0.15) is 0 Å². The predicted octanol–water partition coefficient (Wildman–Crippen LogP) is 0.0457. The van der Waals surface area contributed by atoms with Crippen LogP contribution in [-0.4, -0.2) is 37.3 Å². The quantitative estimate of drug-likeness (QED) is 0.683. The number of hydrogen-bond acceptors (Lipinski definition) is 4. The number of anilines is 1. The summed E-state index contributed by atoms with van der Waals surface area (Å²) in [6.45, 7) is 3.02. The molecule has 1 aliphatic heterocycles. The fraction of sp³-hybridized carbons (Fsp3) is 0.500. The van der Waals surface area contributed by atoms with Gasteiger partial charge in [0, 0.05) is 25.3 Å². The van der Waals surface area contributed by atoms with Crippen molar-refractivity contribution in [2.75, 3.05) is 31.2 Å². The topological polar surface area (TPSA) is 51.4 Å². The lowest BCUT2D eigenvalue weighted by molar-refractivity contribution is 0.143. The molecule has 1 fully saturated rings. The summed E-state index contributed by atoms with van der Waals surface area (Å²) >= 11 is 0. The first-order chi connectivity index (χ1) is 6.86. The fourth-order valence-corrected chi connectivity index (χ4v) is 1.55. The van der Waals surface area contributed by atoms with Gasteiger partial charge in [0.25, 0.3) is 0 Å². The molecule has 0 spiro atoms. The molecule has 1 radical (unpaired) electrons. The van der Waals surface area contributed by atoms with Gasteiger partial charge in [-0.3, -0.25) is 4.98 Å². The van der Waals surface area contributed by atoms with Crippen LogP contribution >= 0.6 is 0 Å². The molecule has 0 aliphatic carbocycles. The summed E-state index contributed by atoms with van der Waals surface area (Å²) in [5, 5.41) is 0. The third-order valence-electron chi connectivity index (χ3n) is 2.23. The highest BCUT2D eigenvalue weighted by atomic mass is 16.5. The molecule has 1 saturated heterocycles. The summed E-state index contributed by atoms with van der Waals surface area (Å²) in [6.07, 6.45) is 4.67. The lowest BCUT2D eigenvalue weighted by Gasteiger charge is -2.22. The summed E-state index contributed by atoms with van der Waals surface area (Å²) in [6, 6.07) is 3.97. The Labute approximate surface area is 83.7 Å². The maximum Gasteiger partial charge on any atom is 0.114 e. The molecule has 0 bridgehead atoms. The zero-order valence-electron chi connectivity index (χ0n) is 8.02. The zero-order chi connectivity index (χ0) is 9.80. The van der Waals surface area contributed by atoms with Crippen molar-refractivity contribution < 1.29 is 4.74 Å². The maximum absolute atomic E-state index is 5.86. The second kappa shape index (κ2) is 4.39. The number of rotatable bonds is 1. The Balaban J connectivity index is 2.09. The van der Waals surface area contributed by atoms with Crippen molar-refractivity contribution in [3.63, 3.8) is 0 Å². The smallest absolute Gasteiger partial charge is 0.114 e. The van der Waals surface area contributed by atoms with Crippen molar-refractivity contribution in [2.45, 2.75) is 6.04 Å². The van der Waals surface area contributed by atoms with Crippen LogP contribution in [0, 0.1) is 6.20 Å². The van der Waals surface area contributed by atoms with E-state index in [1.54, 1.807) is 6.20 Å². The fourth-order valence-electron chi connectivity index (χ4n) is 1.55. The van der Waals surface area contributed by atoms with Gasteiger partial charge >= 0.3 is 0 Å². The van der Waals surface area contributed by atoms with Gasteiger partial charge in [-0.1, -0.05) is 0 Å². The lowest BCUT2D eigenvalue weighted by atomic mass is 10.3. The van der Waals surface area contributed by atoms with Crippen LogP contribution in [0.5, 0.6) is 0 Å². The summed E-state index contributed by atoms with van der Waals surface area (Å²) in [4.78, 5) is 6.12. The summed E-state index contributed by atoms with van der Waals surface area (Å²) in [7, 11) is 0. The first kappa shape index (κ1) is 9.43. The van der Waals surface area contributed by atoms with Crippen molar-refractivity contribution in [1.82, 2.24) is 4.98 Å². The lowest BCUT2D eigenvalue weighted by Crippen LogP contribution is -2.38. The van der Waals surface area contributed by atoms with E-state index in [0.29, 0.717) is 6.61 Å². The van der Waals surface area contributed by atoms with E-state index in [2.05, 4.69) is 16.1 Å². The Morgan fingerprint density at radius 1 is 1.64 bits per heavy atom. The third-order valence-corrected chi connectivity index (χ3v) is 2.23. The van der Waals surface area contributed by atoms with Gasteiger partial charge in [0.15, 0.2) is 0 Å². The van der Waals surface area contributed by atoms with Crippen LogP contribution < -0.4 is 10.6 Å². The Morgan fingerprint density at radius 3 is 3.36 bits per heavy atom. The largest absolute Gasteiger partial charge is 0.378 e. The third kappa shape index (κ3) is 2.21. The molecule has 2 heterocycles. The molecule has 0 saturated carbocycles. The minimum atomic E-state index is 0.0751. The minimum absolute atomic E-state index is 0.0751. The summed E-state index contributed by atoms with van der Waals surface area (Å²) < 4.78 is 5.36. The Hall–Kier alpha value is -1.13. The molecule has 0 amide bonds. The summed E-state index contributed by atoms with van der Waals surface area (Å²) in [5.41, 5.74) is 6.86. The summed E-state index contributed by atoms with van der Waals surface area (Å²) in [5.74, 6) is 0. The number of pyridine rings is 1. The predicted molar refractivity (Wildman–Crippen MR) is 54.1 cm³/mol. The van der Waals surface area contributed by atoms with E-state index >= 15 is 0 Å². The molecule has 1 aromatic rings. The van der Waals surface area contributed by atoms with Crippen LogP contribution in [0.25, 0.3) is 0 Å². The van der Waals surface area contributed by atoms with Gasteiger partial charge < -0.3 is 15.4 Å². The molecule has 1 unspecified atom stereocenters. The molecular formula is C10H14N3O. The molecule has 1 aliphatic rings. The minimum Gasteiger partial charge on any atom is -0.378 e. The van der Waals surface area contributed by atoms with Gasteiger partial charge in [0.2, 0.25) is 0 Å². The van der Waals surface area contributed by atoms with Crippen LogP contribution in [-0.2, 0) is 4.74 Å². The second-order valence-corrected chi connectivity index (χ2v) is 3.42. The van der Waals surface area contributed by atoms with Crippen molar-refractivity contribution >= 4 is 5.69 Å². The Kier molecular flexibility index (Phi) is 2.96. The molecule has 75 valence electrons. The normalized spacial score (nSPS) is 23.2. The van der Waals surface area contributed by atoms with Crippen molar-refractivity contribution in [2.24, 2.45) is 5.73 Å². The number of nitrogens with two attached hydrogens (primary N) is 1. The van der Waals surface area contributed by atoms with Crippen molar-refractivity contribution in [1.29, 1.82) is 0 Å². The monoisotopic (exact) mass is 192 g/mol. The SMILES string of the molecule is NC1COCCN(c2[c]nccc2)C1. The van der Waals surface area contributed by atoms with Gasteiger partial charge in [-0.15, -0.1) is 0 Å². The number of hydrogen-bond donors (Lipinski definition) is 1. The van der Waals surface area contributed by atoms with Crippen molar-refractivity contribution in [3.8, 4) is 0 Å². The van der Waals surface area contributed by atoms with E-state index in [9.17, 15) is 0 Å². The van der Waals surface area contributed by atoms with Crippen LogP contribution in [0.15, 0.2) is 18.3 Å². The number of aromatic nitrogens is 1. The average Bonchev–Trinajstić information content (AvgIpc) is 2.44. The molecule has 4 heteroatoms. The molecule has 4 nitrogen and oxygen atoms in total. The highest BCUT2D eigenvalue weighted by Gasteiger charge is 2.15. The van der Waals surface area contributed by atoms with Gasteiger partial charge in [-0.2, -0.15) is 0 Å². The number of nitrogens with zero attached hydrogens (tertiary/aromatic N) is 2. The van der Waals surface area contributed by atoms with E-state index in [0.717, 1.165) is 25.4 Å². The van der Waals surface area contributed by atoms with Crippen molar-refractivity contribution in [3.05, 3.63) is 24.5 Å². The molecular weight excluding hydrogens is 178 g/mol. The molecule has 2 rings (SSSR count). The van der Waals surface area contributed by atoms with Crippen LogP contribution in [0.2, 0.25) is 0 Å². The highest BCUT2D eigenvalue weighted by molar-refractivity contribution is 5.42. The molecule has 0 aromatic carbocycles. The average molecular weight is 192 g/mol. The first-order valence-corrected chi connectivity index (χ1v) is 4.77. The standard InChI is InChI=1S/C10H14N3O/c11-9-7-13(4-5-14-8-9)10-2-1-3-12-6-10/h1-3,9H,4-5,7-8,11H2. The van der Waals surface area contributed by atoms with Gasteiger partial charge in [-0.05, 0) is 12.1 Å². The second-order valence-electron chi connectivity index (χ2n) is 3.42. The molecule has 14 heavy (non-hydrogen) atoms. The van der Waals surface area contributed by atoms with E-state index in [1.807, 2.05) is 12.1 Å². The van der Waals surface area contributed by atoms with Crippen LogP contribution in [0.4, 0.5) is 5.69 Å². The van der Waals surface area contributed by atoms with Crippen LogP contribution in [0.3, 0.4) is 0 Å². The highest BCUT2D eigenvalue weighted by Crippen LogP contribution is 2.12. The zero-order valence-corrected chi connectivity index (χ0v) is 8.02. The van der Waals surface area contributed by atoms with E-state index in [4.69, 9.17) is 10.5 Å².